The number of nitrogens with one attached hydrogen (secondary N) is 1. The van der Waals surface area contributed by atoms with Crippen molar-refractivity contribution in [3.63, 3.8) is 0 Å². The van der Waals surface area contributed by atoms with Crippen LogP contribution in [-0.4, -0.2) is 25.6 Å². The molecule has 1 aromatic heterocycles. The minimum Gasteiger partial charge on any atom is -0.322 e. The van der Waals surface area contributed by atoms with Crippen LogP contribution in [-0.2, 0) is 9.84 Å². The highest BCUT2D eigenvalue weighted by Gasteiger charge is 2.18. The van der Waals surface area contributed by atoms with Gasteiger partial charge in [0.05, 0.1) is 15.6 Å². The molecule has 0 atom stereocenters. The van der Waals surface area contributed by atoms with Crippen LogP contribution in [0.3, 0.4) is 0 Å². The van der Waals surface area contributed by atoms with Crippen molar-refractivity contribution in [2.75, 3.05) is 11.6 Å². The molecule has 1 amide bonds. The van der Waals surface area contributed by atoms with E-state index in [1.165, 1.54) is 18.2 Å². The van der Waals surface area contributed by atoms with Gasteiger partial charge < -0.3 is 5.32 Å². The van der Waals surface area contributed by atoms with Gasteiger partial charge in [0.25, 0.3) is 5.91 Å². The molecule has 33 heavy (non-hydrogen) atoms. The smallest absolute Gasteiger partial charge is 0.256 e. The first-order valence-corrected chi connectivity index (χ1v) is 12.5. The molecule has 8 heteroatoms. The first-order valence-electron chi connectivity index (χ1n) is 9.85. The van der Waals surface area contributed by atoms with Crippen molar-refractivity contribution in [1.82, 2.24) is 4.98 Å². The van der Waals surface area contributed by atoms with Gasteiger partial charge >= 0.3 is 0 Å². The van der Waals surface area contributed by atoms with E-state index >= 15 is 0 Å². The van der Waals surface area contributed by atoms with E-state index in [2.05, 4.69) is 10.3 Å². The average Bonchev–Trinajstić information content (AvgIpc) is 2.80. The van der Waals surface area contributed by atoms with Crippen molar-refractivity contribution in [2.24, 2.45) is 0 Å². The Balaban J connectivity index is 1.74. The fraction of sp³-hybridized carbons (Fsp3) is 0.0400. The zero-order valence-electron chi connectivity index (χ0n) is 17.4. The summed E-state index contributed by atoms with van der Waals surface area (Å²) in [5.74, 6) is -0.394. The molecule has 0 saturated heterocycles. The summed E-state index contributed by atoms with van der Waals surface area (Å²) in [4.78, 5) is 17.7. The molecule has 0 unspecified atom stereocenters. The van der Waals surface area contributed by atoms with Crippen LogP contribution in [0.25, 0.3) is 22.4 Å². The van der Waals surface area contributed by atoms with E-state index in [-0.39, 0.29) is 4.90 Å². The van der Waals surface area contributed by atoms with Crippen LogP contribution in [0.5, 0.6) is 0 Å². The molecule has 5 nitrogen and oxygen atoms in total. The molecule has 0 aliphatic carbocycles. The molecule has 4 aromatic rings. The molecule has 1 heterocycles. The van der Waals surface area contributed by atoms with Crippen molar-refractivity contribution < 1.29 is 13.2 Å². The highest BCUT2D eigenvalue weighted by atomic mass is 35.5. The summed E-state index contributed by atoms with van der Waals surface area (Å²) in [5.41, 5.74) is 3.35. The van der Waals surface area contributed by atoms with Gasteiger partial charge in [-0.05, 0) is 71.8 Å². The van der Waals surface area contributed by atoms with E-state index < -0.39 is 15.7 Å². The Labute approximate surface area is 201 Å². The van der Waals surface area contributed by atoms with Crippen LogP contribution in [0.1, 0.15) is 10.4 Å². The summed E-state index contributed by atoms with van der Waals surface area (Å²) in [5, 5.41) is 3.91. The molecular formula is C25H18Cl2N2O3S. The number of amides is 1. The van der Waals surface area contributed by atoms with E-state index in [9.17, 15) is 13.2 Å². The summed E-state index contributed by atoms with van der Waals surface area (Å²) < 4.78 is 24.2. The Hall–Kier alpha value is -3.19. The van der Waals surface area contributed by atoms with Crippen LogP contribution >= 0.6 is 23.2 Å². The normalized spacial score (nSPS) is 11.2. The van der Waals surface area contributed by atoms with Crippen LogP contribution in [0, 0.1) is 0 Å². The number of nitrogens with zero attached hydrogens (tertiary/aromatic N) is 1. The van der Waals surface area contributed by atoms with E-state index in [0.717, 1.165) is 6.26 Å². The fourth-order valence-corrected chi connectivity index (χ4v) is 4.33. The van der Waals surface area contributed by atoms with Gasteiger partial charge in [0.15, 0.2) is 9.84 Å². The zero-order chi connectivity index (χ0) is 23.6. The van der Waals surface area contributed by atoms with Gasteiger partial charge in [-0.3, -0.25) is 9.78 Å². The minimum atomic E-state index is -3.46. The SMILES string of the molecule is CS(=O)(=O)c1ccc(C(=O)Nc2ccc(Cl)c(-c3ccccn3)c2)c(-c2ccc(Cl)cc2)c1. The van der Waals surface area contributed by atoms with Crippen LogP contribution in [0.2, 0.25) is 10.0 Å². The lowest BCUT2D eigenvalue weighted by Crippen LogP contribution is -2.14. The van der Waals surface area contributed by atoms with E-state index in [4.69, 9.17) is 23.2 Å². The first kappa shape index (κ1) is 23.0. The zero-order valence-corrected chi connectivity index (χ0v) is 19.7. The van der Waals surface area contributed by atoms with Gasteiger partial charge in [-0.1, -0.05) is 41.4 Å². The predicted molar refractivity (Wildman–Crippen MR) is 133 cm³/mol. The van der Waals surface area contributed by atoms with Gasteiger partial charge in [0.1, 0.15) is 0 Å². The van der Waals surface area contributed by atoms with E-state index in [1.54, 1.807) is 48.7 Å². The number of carbonyl (C=O) groups excluding carboxylic acids is 1. The molecule has 0 fully saturated rings. The highest BCUT2D eigenvalue weighted by Crippen LogP contribution is 2.31. The third kappa shape index (κ3) is 5.25. The number of pyridine rings is 1. The largest absolute Gasteiger partial charge is 0.322 e. The van der Waals surface area contributed by atoms with Crippen LogP contribution < -0.4 is 5.32 Å². The highest BCUT2D eigenvalue weighted by molar-refractivity contribution is 7.90. The number of sulfone groups is 1. The molecular weight excluding hydrogens is 479 g/mol. The Morgan fingerprint density at radius 1 is 0.879 bits per heavy atom. The van der Waals surface area contributed by atoms with Crippen molar-refractivity contribution >= 4 is 44.6 Å². The number of benzene rings is 3. The number of halogens is 2. The second-order valence-electron chi connectivity index (χ2n) is 7.35. The Kier molecular flexibility index (Phi) is 6.51. The standard InChI is InChI=1S/C25H18Cl2N2O3S/c1-33(31,32)19-10-11-20(21(15-19)16-5-7-17(26)8-6-16)25(30)29-18-9-12-23(27)22(14-18)24-4-2-3-13-28-24/h2-15H,1H3,(H,29,30). The molecule has 0 aliphatic rings. The van der Waals surface area contributed by atoms with Crippen LogP contribution in [0.15, 0.2) is 90.0 Å². The molecule has 4 rings (SSSR count). The minimum absolute atomic E-state index is 0.118. The van der Waals surface area contributed by atoms with Crippen molar-refractivity contribution in [3.8, 4) is 22.4 Å². The Morgan fingerprint density at radius 2 is 1.64 bits per heavy atom. The molecule has 0 saturated carbocycles. The molecule has 0 bridgehead atoms. The Bertz CT molecular complexity index is 1440. The topological polar surface area (TPSA) is 76.1 Å². The Morgan fingerprint density at radius 3 is 2.30 bits per heavy atom. The second-order valence-corrected chi connectivity index (χ2v) is 10.2. The van der Waals surface area contributed by atoms with Crippen molar-refractivity contribution in [3.05, 3.63) is 101 Å². The van der Waals surface area contributed by atoms with E-state index in [1.807, 2.05) is 18.2 Å². The van der Waals surface area contributed by atoms with Gasteiger partial charge in [-0.2, -0.15) is 0 Å². The number of hydrogen-bond acceptors (Lipinski definition) is 4. The fourth-order valence-electron chi connectivity index (χ4n) is 3.34. The summed E-state index contributed by atoms with van der Waals surface area (Å²) in [6.07, 6.45) is 2.79. The summed E-state index contributed by atoms with van der Waals surface area (Å²) in [7, 11) is -3.46. The van der Waals surface area contributed by atoms with Gasteiger partial charge in [-0.25, -0.2) is 8.42 Å². The molecule has 1 N–H and O–H groups in total. The number of anilines is 1. The van der Waals surface area contributed by atoms with Gasteiger partial charge in [-0.15, -0.1) is 0 Å². The van der Waals surface area contributed by atoms with E-state index in [0.29, 0.717) is 43.7 Å². The van der Waals surface area contributed by atoms with Crippen LogP contribution in [0.4, 0.5) is 5.69 Å². The van der Waals surface area contributed by atoms with Crippen molar-refractivity contribution in [2.45, 2.75) is 4.90 Å². The lowest BCUT2D eigenvalue weighted by atomic mass is 9.99. The summed E-state index contributed by atoms with van der Waals surface area (Å²) >= 11 is 12.3. The number of rotatable bonds is 5. The number of carbonyl (C=O) groups is 1. The maximum atomic E-state index is 13.2. The lowest BCUT2D eigenvalue weighted by Gasteiger charge is -2.13. The van der Waals surface area contributed by atoms with Gasteiger partial charge in [0.2, 0.25) is 0 Å². The number of aromatic nitrogens is 1. The average molecular weight is 497 g/mol. The molecule has 0 radical (unpaired) electrons. The van der Waals surface area contributed by atoms with Gasteiger partial charge in [0, 0.05) is 34.3 Å². The lowest BCUT2D eigenvalue weighted by molar-refractivity contribution is 0.102. The summed E-state index contributed by atoms with van der Waals surface area (Å²) in [6.45, 7) is 0. The maximum absolute atomic E-state index is 13.2. The maximum Gasteiger partial charge on any atom is 0.256 e. The molecule has 0 spiro atoms. The van der Waals surface area contributed by atoms with Crippen molar-refractivity contribution in [1.29, 1.82) is 0 Å². The molecule has 3 aromatic carbocycles. The molecule has 166 valence electrons. The second kappa shape index (κ2) is 9.35. The summed E-state index contributed by atoms with van der Waals surface area (Å²) in [6, 6.07) is 21.9. The number of hydrogen-bond donors (Lipinski definition) is 1. The monoisotopic (exact) mass is 496 g/mol. The third-order valence-electron chi connectivity index (χ3n) is 4.98. The third-order valence-corrected chi connectivity index (χ3v) is 6.68. The molecule has 0 aliphatic heterocycles. The quantitative estimate of drug-likeness (QED) is 0.347. The first-order chi connectivity index (χ1) is 15.7. The predicted octanol–water partition coefficient (Wildman–Crippen LogP) is 6.38.